The van der Waals surface area contributed by atoms with Crippen molar-refractivity contribution in [2.24, 2.45) is 5.92 Å². The van der Waals surface area contributed by atoms with Crippen molar-refractivity contribution in [3.63, 3.8) is 0 Å². The molecule has 0 aromatic heterocycles. The van der Waals surface area contributed by atoms with E-state index in [0.29, 0.717) is 29.7 Å². The second kappa shape index (κ2) is 6.89. The summed E-state index contributed by atoms with van der Waals surface area (Å²) in [7, 11) is 0. The summed E-state index contributed by atoms with van der Waals surface area (Å²) in [6, 6.07) is 20.3. The first-order valence-corrected chi connectivity index (χ1v) is 10.0. The van der Waals surface area contributed by atoms with Crippen LogP contribution >= 0.6 is 0 Å². The van der Waals surface area contributed by atoms with E-state index in [1.165, 1.54) is 17.0 Å². The summed E-state index contributed by atoms with van der Waals surface area (Å²) in [5, 5.41) is 11.8. The van der Waals surface area contributed by atoms with Gasteiger partial charge in [-0.1, -0.05) is 54.6 Å². The van der Waals surface area contributed by atoms with Gasteiger partial charge in [-0.25, -0.2) is 4.39 Å². The van der Waals surface area contributed by atoms with Gasteiger partial charge in [0.2, 0.25) is 0 Å². The molecule has 5 rings (SSSR count). The average molecular weight is 401 g/mol. The molecule has 0 radical (unpaired) electrons. The minimum atomic E-state index is -1.92. The van der Waals surface area contributed by atoms with E-state index in [9.17, 15) is 19.1 Å². The Morgan fingerprint density at radius 2 is 1.67 bits per heavy atom. The molecule has 0 bridgehead atoms. The number of Topliss-reactive ketones (excluding diaryl/α,β-unsaturated/α-hetero) is 1. The molecular formula is C25H20FNO3. The van der Waals surface area contributed by atoms with Crippen LogP contribution in [0.5, 0.6) is 0 Å². The molecule has 1 aliphatic heterocycles. The molecule has 0 spiro atoms. The molecule has 3 aromatic rings. The summed E-state index contributed by atoms with van der Waals surface area (Å²) >= 11 is 0. The minimum absolute atomic E-state index is 0.190. The lowest BCUT2D eigenvalue weighted by atomic mass is 9.71. The number of aliphatic hydroxyl groups is 1. The maximum absolute atomic E-state index is 13.6. The number of rotatable bonds is 3. The number of benzene rings is 3. The summed E-state index contributed by atoms with van der Waals surface area (Å²) in [6.07, 6.45) is 1.03. The Bertz CT molecular complexity index is 1160. The number of para-hydroxylation sites is 1. The van der Waals surface area contributed by atoms with Crippen LogP contribution in [0.25, 0.3) is 0 Å². The molecule has 4 nitrogen and oxygen atoms in total. The second-order valence-electron chi connectivity index (χ2n) is 7.91. The number of nitrogens with zero attached hydrogens (tertiary/aromatic N) is 1. The molecule has 1 amide bonds. The number of carbonyl (C=O) groups excluding carboxylic acids is 2. The Labute approximate surface area is 173 Å². The lowest BCUT2D eigenvalue weighted by molar-refractivity contribution is -0.140. The number of hydrogen-bond acceptors (Lipinski definition) is 3. The van der Waals surface area contributed by atoms with E-state index < -0.39 is 17.4 Å². The van der Waals surface area contributed by atoms with Crippen LogP contribution < -0.4 is 4.90 Å². The number of anilines is 1. The average Bonchev–Trinajstić information content (AvgIpc) is 2.98. The fourth-order valence-corrected chi connectivity index (χ4v) is 4.72. The van der Waals surface area contributed by atoms with Crippen molar-refractivity contribution >= 4 is 17.4 Å². The quantitative estimate of drug-likeness (QED) is 0.722. The highest BCUT2D eigenvalue weighted by molar-refractivity contribution is 6.12. The lowest BCUT2D eigenvalue weighted by Gasteiger charge is -2.34. The highest BCUT2D eigenvalue weighted by atomic mass is 19.1. The number of fused-ring (bicyclic) bond motifs is 2. The maximum atomic E-state index is 13.6. The first-order valence-electron chi connectivity index (χ1n) is 10.0. The Morgan fingerprint density at radius 1 is 0.967 bits per heavy atom. The molecule has 1 aliphatic carbocycles. The predicted molar refractivity (Wildman–Crippen MR) is 111 cm³/mol. The van der Waals surface area contributed by atoms with Crippen molar-refractivity contribution in [3.8, 4) is 0 Å². The topological polar surface area (TPSA) is 57.6 Å². The van der Waals surface area contributed by atoms with Crippen LogP contribution in [-0.2, 0) is 23.4 Å². The van der Waals surface area contributed by atoms with Gasteiger partial charge < -0.3 is 10.0 Å². The molecule has 1 heterocycles. The molecule has 150 valence electrons. The van der Waals surface area contributed by atoms with E-state index in [-0.39, 0.29) is 18.1 Å². The Balaban J connectivity index is 1.56. The van der Waals surface area contributed by atoms with E-state index in [1.807, 2.05) is 12.1 Å². The lowest BCUT2D eigenvalue weighted by Crippen LogP contribution is -2.49. The fraction of sp³-hybridized carbons (Fsp3) is 0.200. The van der Waals surface area contributed by atoms with Crippen molar-refractivity contribution in [3.05, 3.63) is 101 Å². The Kier molecular flexibility index (Phi) is 4.29. The first-order chi connectivity index (χ1) is 14.5. The van der Waals surface area contributed by atoms with Crippen molar-refractivity contribution in [1.82, 2.24) is 0 Å². The third-order valence-corrected chi connectivity index (χ3v) is 6.24. The maximum Gasteiger partial charge on any atom is 0.264 e. The summed E-state index contributed by atoms with van der Waals surface area (Å²) in [4.78, 5) is 28.4. The predicted octanol–water partition coefficient (Wildman–Crippen LogP) is 4.01. The van der Waals surface area contributed by atoms with E-state index >= 15 is 0 Å². The van der Waals surface area contributed by atoms with Crippen LogP contribution in [0.2, 0.25) is 0 Å². The molecule has 0 saturated carbocycles. The van der Waals surface area contributed by atoms with E-state index in [4.69, 9.17) is 0 Å². The standard InChI is InChI=1S/C25H20FNO3/c26-18-12-9-16(10-13-18)15-27-22-8-4-3-7-20(22)25(30,24(27)29)21-14-11-17-5-1-2-6-19(17)23(21)28/h1-10,12-13,21,30H,11,14-15H2/t21-,25+/m1/s1. The number of ketones is 1. The highest BCUT2D eigenvalue weighted by Crippen LogP contribution is 2.48. The van der Waals surface area contributed by atoms with Gasteiger partial charge in [0, 0.05) is 11.1 Å². The highest BCUT2D eigenvalue weighted by Gasteiger charge is 2.57. The number of amides is 1. The van der Waals surface area contributed by atoms with Gasteiger partial charge in [-0.2, -0.15) is 0 Å². The summed E-state index contributed by atoms with van der Waals surface area (Å²) in [6.45, 7) is 0.190. The van der Waals surface area contributed by atoms with Crippen molar-refractivity contribution < 1.29 is 19.1 Å². The van der Waals surface area contributed by atoms with E-state index in [1.54, 1.807) is 48.5 Å². The van der Waals surface area contributed by atoms with Crippen LogP contribution in [0.1, 0.15) is 33.5 Å². The molecule has 0 fully saturated rings. The van der Waals surface area contributed by atoms with Gasteiger partial charge in [0.15, 0.2) is 11.4 Å². The number of hydrogen-bond donors (Lipinski definition) is 1. The zero-order valence-corrected chi connectivity index (χ0v) is 16.2. The van der Waals surface area contributed by atoms with E-state index in [0.717, 1.165) is 11.1 Å². The van der Waals surface area contributed by atoms with Crippen molar-refractivity contribution in [2.75, 3.05) is 4.90 Å². The molecule has 0 saturated heterocycles. The molecular weight excluding hydrogens is 381 g/mol. The van der Waals surface area contributed by atoms with Gasteiger partial charge in [-0.15, -0.1) is 0 Å². The number of halogens is 1. The van der Waals surface area contributed by atoms with Crippen LogP contribution in [0.4, 0.5) is 10.1 Å². The molecule has 2 aliphatic rings. The summed E-state index contributed by atoms with van der Waals surface area (Å²) < 4.78 is 13.3. The SMILES string of the molecule is O=C1c2ccccc2CC[C@H]1[C@]1(O)C(=O)N(Cc2ccc(F)cc2)c2ccccc21. The fourth-order valence-electron chi connectivity index (χ4n) is 4.72. The van der Waals surface area contributed by atoms with Crippen molar-refractivity contribution in [2.45, 2.75) is 25.0 Å². The van der Waals surface area contributed by atoms with Crippen LogP contribution in [0.15, 0.2) is 72.8 Å². The minimum Gasteiger partial charge on any atom is -0.375 e. The zero-order chi connectivity index (χ0) is 20.9. The summed E-state index contributed by atoms with van der Waals surface area (Å²) in [5.41, 5.74) is 1.38. The second-order valence-corrected chi connectivity index (χ2v) is 7.91. The van der Waals surface area contributed by atoms with Gasteiger partial charge >= 0.3 is 0 Å². The number of aryl methyl sites for hydroxylation is 1. The Hall–Kier alpha value is -3.31. The smallest absolute Gasteiger partial charge is 0.264 e. The first kappa shape index (κ1) is 18.7. The number of carbonyl (C=O) groups is 2. The van der Waals surface area contributed by atoms with Crippen LogP contribution in [-0.4, -0.2) is 16.8 Å². The van der Waals surface area contributed by atoms with Gasteiger partial charge in [0.1, 0.15) is 5.82 Å². The zero-order valence-electron chi connectivity index (χ0n) is 16.2. The van der Waals surface area contributed by atoms with Gasteiger partial charge in [-0.05, 0) is 42.2 Å². The third kappa shape index (κ3) is 2.70. The molecule has 1 N–H and O–H groups in total. The van der Waals surface area contributed by atoms with Gasteiger partial charge in [0.05, 0.1) is 18.2 Å². The normalized spacial score (nSPS) is 22.7. The third-order valence-electron chi connectivity index (χ3n) is 6.24. The summed E-state index contributed by atoms with van der Waals surface area (Å²) in [5.74, 6) is -1.91. The molecule has 30 heavy (non-hydrogen) atoms. The molecule has 3 aromatic carbocycles. The Morgan fingerprint density at radius 3 is 2.47 bits per heavy atom. The monoisotopic (exact) mass is 401 g/mol. The van der Waals surface area contributed by atoms with Crippen molar-refractivity contribution in [1.29, 1.82) is 0 Å². The van der Waals surface area contributed by atoms with Crippen LogP contribution in [0, 0.1) is 11.7 Å². The van der Waals surface area contributed by atoms with Gasteiger partial charge in [-0.3, -0.25) is 9.59 Å². The molecule has 0 unspecified atom stereocenters. The molecule has 2 atom stereocenters. The molecule has 5 heteroatoms. The van der Waals surface area contributed by atoms with Crippen LogP contribution in [0.3, 0.4) is 0 Å². The van der Waals surface area contributed by atoms with Gasteiger partial charge in [0.25, 0.3) is 5.91 Å². The van der Waals surface area contributed by atoms with E-state index in [2.05, 4.69) is 0 Å². The largest absolute Gasteiger partial charge is 0.375 e.